The smallest absolute Gasteiger partial charge is 0.237 e. The van der Waals surface area contributed by atoms with Crippen LogP contribution in [0.25, 0.3) is 0 Å². The second kappa shape index (κ2) is 7.93. The summed E-state index contributed by atoms with van der Waals surface area (Å²) in [6, 6.07) is 3.30. The van der Waals surface area contributed by atoms with Crippen LogP contribution in [-0.4, -0.2) is 57.8 Å². The molecule has 1 saturated heterocycles. The normalized spacial score (nSPS) is 18.1. The van der Waals surface area contributed by atoms with Crippen LogP contribution in [0, 0.1) is 6.92 Å². The molecule has 2 aromatic heterocycles. The molecule has 2 amide bonds. The van der Waals surface area contributed by atoms with Crippen molar-refractivity contribution in [2.45, 2.75) is 32.4 Å². The summed E-state index contributed by atoms with van der Waals surface area (Å²) < 4.78 is 5.59. The molecule has 0 aliphatic carbocycles. The van der Waals surface area contributed by atoms with Gasteiger partial charge in [0.2, 0.25) is 11.8 Å². The van der Waals surface area contributed by atoms with Crippen LogP contribution < -0.4 is 10.6 Å². The quantitative estimate of drug-likeness (QED) is 0.637. The number of nitrogens with zero attached hydrogens (tertiary/aromatic N) is 3. The van der Waals surface area contributed by atoms with E-state index >= 15 is 0 Å². The number of aromatic amines is 1. The van der Waals surface area contributed by atoms with Gasteiger partial charge in [-0.25, -0.2) is 0 Å². The van der Waals surface area contributed by atoms with Gasteiger partial charge in [-0.1, -0.05) is 0 Å². The largest absolute Gasteiger partial charge is 0.465 e. The van der Waals surface area contributed by atoms with Gasteiger partial charge in [-0.15, -0.1) is 0 Å². The summed E-state index contributed by atoms with van der Waals surface area (Å²) >= 11 is 0. The Balaban J connectivity index is 1.53. The zero-order chi connectivity index (χ0) is 17.6. The molecule has 0 bridgehead atoms. The Bertz CT molecular complexity index is 711. The number of aromatic nitrogens is 3. The van der Waals surface area contributed by atoms with E-state index < -0.39 is 6.04 Å². The summed E-state index contributed by atoms with van der Waals surface area (Å²) in [5, 5.41) is 15.8. The first kappa shape index (κ1) is 17.2. The van der Waals surface area contributed by atoms with E-state index in [1.807, 2.05) is 24.0 Å². The molecule has 0 aromatic carbocycles. The summed E-state index contributed by atoms with van der Waals surface area (Å²) in [5.41, 5.74) is 0.783. The Labute approximate surface area is 145 Å². The predicted molar refractivity (Wildman–Crippen MR) is 88.4 cm³/mol. The maximum Gasteiger partial charge on any atom is 0.237 e. The minimum atomic E-state index is -0.494. The lowest BCUT2D eigenvalue weighted by atomic mass is 10.1. The van der Waals surface area contributed by atoms with Crippen molar-refractivity contribution in [3.8, 4) is 0 Å². The SMILES string of the molecule is Cc1ccc(CN2CCNC(=O)[C@@H]2CC(=O)NCCc2cn[nH]n2)o1. The second-order valence-electron chi connectivity index (χ2n) is 6.06. The number of carbonyl (C=O) groups is 2. The molecule has 3 N–H and O–H groups in total. The molecular weight excluding hydrogens is 324 g/mol. The van der Waals surface area contributed by atoms with E-state index in [1.165, 1.54) is 0 Å². The predicted octanol–water partition coefficient (Wildman–Crippen LogP) is -0.244. The molecule has 134 valence electrons. The molecule has 1 aliphatic rings. The van der Waals surface area contributed by atoms with Crippen LogP contribution in [0.1, 0.15) is 23.6 Å². The Morgan fingerprint density at radius 1 is 1.48 bits per heavy atom. The molecule has 3 rings (SSSR count). The van der Waals surface area contributed by atoms with Gasteiger partial charge in [-0.2, -0.15) is 15.4 Å². The van der Waals surface area contributed by atoms with Gasteiger partial charge >= 0.3 is 0 Å². The Hall–Kier alpha value is -2.68. The van der Waals surface area contributed by atoms with Gasteiger partial charge in [-0.05, 0) is 19.1 Å². The van der Waals surface area contributed by atoms with E-state index in [0.717, 1.165) is 17.2 Å². The van der Waals surface area contributed by atoms with Gasteiger partial charge in [0, 0.05) is 26.1 Å². The molecule has 25 heavy (non-hydrogen) atoms. The number of aryl methyl sites for hydroxylation is 1. The van der Waals surface area contributed by atoms with Crippen LogP contribution in [-0.2, 0) is 22.6 Å². The molecule has 2 aromatic rings. The third-order valence-corrected chi connectivity index (χ3v) is 4.14. The van der Waals surface area contributed by atoms with E-state index in [2.05, 4.69) is 26.0 Å². The average Bonchev–Trinajstić information content (AvgIpc) is 3.23. The van der Waals surface area contributed by atoms with Crippen LogP contribution in [0.4, 0.5) is 0 Å². The van der Waals surface area contributed by atoms with Crippen molar-refractivity contribution in [2.24, 2.45) is 0 Å². The van der Waals surface area contributed by atoms with E-state index in [-0.39, 0.29) is 18.2 Å². The average molecular weight is 346 g/mol. The number of furan rings is 1. The molecule has 0 saturated carbocycles. The third kappa shape index (κ3) is 4.66. The van der Waals surface area contributed by atoms with Crippen LogP contribution in [0.15, 0.2) is 22.7 Å². The minimum Gasteiger partial charge on any atom is -0.465 e. The van der Waals surface area contributed by atoms with Gasteiger partial charge in [0.05, 0.1) is 30.9 Å². The Kier molecular flexibility index (Phi) is 5.44. The van der Waals surface area contributed by atoms with E-state index in [9.17, 15) is 9.59 Å². The zero-order valence-electron chi connectivity index (χ0n) is 14.1. The van der Waals surface area contributed by atoms with Crippen molar-refractivity contribution in [3.05, 3.63) is 35.5 Å². The highest BCUT2D eigenvalue weighted by molar-refractivity contribution is 5.88. The molecule has 1 aliphatic heterocycles. The first-order chi connectivity index (χ1) is 12.1. The lowest BCUT2D eigenvalue weighted by Crippen LogP contribution is -2.56. The first-order valence-corrected chi connectivity index (χ1v) is 8.30. The van der Waals surface area contributed by atoms with Crippen molar-refractivity contribution < 1.29 is 14.0 Å². The molecule has 0 spiro atoms. The lowest BCUT2D eigenvalue weighted by molar-refractivity contribution is -0.134. The fraction of sp³-hybridized carbons (Fsp3) is 0.500. The number of hydrogen-bond acceptors (Lipinski definition) is 6. The third-order valence-electron chi connectivity index (χ3n) is 4.14. The van der Waals surface area contributed by atoms with Gasteiger partial charge in [0.1, 0.15) is 11.5 Å². The fourth-order valence-corrected chi connectivity index (χ4v) is 2.87. The summed E-state index contributed by atoms with van der Waals surface area (Å²) in [5.74, 6) is 1.34. The van der Waals surface area contributed by atoms with E-state index in [0.29, 0.717) is 32.6 Å². The molecule has 1 fully saturated rings. The number of H-pyrrole nitrogens is 1. The van der Waals surface area contributed by atoms with Crippen LogP contribution in [0.3, 0.4) is 0 Å². The van der Waals surface area contributed by atoms with Gasteiger partial charge in [0.25, 0.3) is 0 Å². The van der Waals surface area contributed by atoms with Crippen molar-refractivity contribution >= 4 is 11.8 Å². The highest BCUT2D eigenvalue weighted by atomic mass is 16.3. The number of nitrogens with one attached hydrogen (secondary N) is 3. The number of hydrogen-bond donors (Lipinski definition) is 3. The number of piperazine rings is 1. The monoisotopic (exact) mass is 346 g/mol. The molecular formula is C16H22N6O3. The summed E-state index contributed by atoms with van der Waals surface area (Å²) in [7, 11) is 0. The molecule has 9 nitrogen and oxygen atoms in total. The molecule has 1 atom stereocenters. The number of carbonyl (C=O) groups excluding carboxylic acids is 2. The van der Waals surface area contributed by atoms with Crippen molar-refractivity contribution in [1.29, 1.82) is 0 Å². The van der Waals surface area contributed by atoms with Crippen molar-refractivity contribution in [2.75, 3.05) is 19.6 Å². The van der Waals surface area contributed by atoms with E-state index in [4.69, 9.17) is 4.42 Å². The van der Waals surface area contributed by atoms with Gasteiger partial charge in [0.15, 0.2) is 0 Å². The molecule has 0 unspecified atom stereocenters. The summed E-state index contributed by atoms with van der Waals surface area (Å²) in [4.78, 5) is 26.4. The second-order valence-corrected chi connectivity index (χ2v) is 6.06. The lowest BCUT2D eigenvalue weighted by Gasteiger charge is -2.34. The first-order valence-electron chi connectivity index (χ1n) is 8.30. The van der Waals surface area contributed by atoms with Gasteiger partial charge in [-0.3, -0.25) is 14.5 Å². The van der Waals surface area contributed by atoms with Crippen molar-refractivity contribution in [3.63, 3.8) is 0 Å². The van der Waals surface area contributed by atoms with Crippen molar-refractivity contribution in [1.82, 2.24) is 30.9 Å². The molecule has 0 radical (unpaired) electrons. The maximum absolute atomic E-state index is 12.2. The number of rotatable bonds is 7. The van der Waals surface area contributed by atoms with E-state index in [1.54, 1.807) is 6.20 Å². The topological polar surface area (TPSA) is 116 Å². The number of amides is 2. The molecule has 3 heterocycles. The Morgan fingerprint density at radius 3 is 3.08 bits per heavy atom. The van der Waals surface area contributed by atoms with Crippen LogP contribution >= 0.6 is 0 Å². The van der Waals surface area contributed by atoms with Gasteiger partial charge < -0.3 is 15.1 Å². The highest BCUT2D eigenvalue weighted by Gasteiger charge is 2.32. The van der Waals surface area contributed by atoms with Crippen LogP contribution in [0.5, 0.6) is 0 Å². The highest BCUT2D eigenvalue weighted by Crippen LogP contribution is 2.15. The minimum absolute atomic E-state index is 0.115. The Morgan fingerprint density at radius 2 is 2.36 bits per heavy atom. The fourth-order valence-electron chi connectivity index (χ4n) is 2.87. The summed E-state index contributed by atoms with van der Waals surface area (Å²) in [6.45, 7) is 4.10. The summed E-state index contributed by atoms with van der Waals surface area (Å²) in [6.07, 6.45) is 2.33. The standard InChI is InChI=1S/C16H22N6O3/c1-11-2-3-13(25-11)10-22-7-6-18-16(24)14(22)8-15(23)17-5-4-12-9-19-21-20-12/h2-3,9,14H,4-8,10H2,1H3,(H,17,23)(H,18,24)(H,19,20,21)/t14-/m0/s1. The molecule has 9 heteroatoms. The maximum atomic E-state index is 12.2. The zero-order valence-corrected chi connectivity index (χ0v) is 14.1. The van der Waals surface area contributed by atoms with Crippen LogP contribution in [0.2, 0.25) is 0 Å².